The molecular formula is C30H26Cl2N6ORu. The van der Waals surface area contributed by atoms with Crippen LogP contribution in [0.15, 0.2) is 146 Å². The molecule has 6 aromatic rings. The van der Waals surface area contributed by atoms with Gasteiger partial charge in [-0.3, -0.25) is 29.9 Å². The van der Waals surface area contributed by atoms with Crippen molar-refractivity contribution < 1.29 is 49.8 Å². The summed E-state index contributed by atoms with van der Waals surface area (Å²) in [6, 6.07) is 34.8. The molecule has 0 aliphatic heterocycles. The Morgan fingerprint density at radius 2 is 0.425 bits per heavy atom. The van der Waals surface area contributed by atoms with Crippen molar-refractivity contribution in [3.63, 3.8) is 0 Å². The van der Waals surface area contributed by atoms with E-state index in [2.05, 4.69) is 29.9 Å². The normalized spacial score (nSPS) is 8.70. The summed E-state index contributed by atoms with van der Waals surface area (Å²) in [7, 11) is 0. The topological polar surface area (TPSA) is 109 Å². The van der Waals surface area contributed by atoms with E-state index in [4.69, 9.17) is 0 Å². The molecule has 6 aromatic heterocycles. The van der Waals surface area contributed by atoms with E-state index in [9.17, 15) is 0 Å². The van der Waals surface area contributed by atoms with Gasteiger partial charge in [0, 0.05) is 37.2 Å². The zero-order chi connectivity index (χ0) is 24.7. The van der Waals surface area contributed by atoms with E-state index < -0.39 is 0 Å². The molecule has 2 N–H and O–H groups in total. The van der Waals surface area contributed by atoms with E-state index in [0.717, 1.165) is 34.2 Å². The van der Waals surface area contributed by atoms with Gasteiger partial charge in [0.05, 0.1) is 34.2 Å². The van der Waals surface area contributed by atoms with Crippen LogP contribution in [-0.4, -0.2) is 35.4 Å². The number of nitrogens with zero attached hydrogens (tertiary/aromatic N) is 6. The van der Waals surface area contributed by atoms with E-state index in [-0.39, 0.29) is 49.8 Å². The molecule has 0 bridgehead atoms. The summed E-state index contributed by atoms with van der Waals surface area (Å²) in [6.07, 6.45) is 10.6. The summed E-state index contributed by atoms with van der Waals surface area (Å²) in [5.74, 6) is 0. The quantitative estimate of drug-likeness (QED) is 0.240. The number of rotatable bonds is 3. The molecule has 0 atom stereocenters. The Morgan fingerprint density at radius 1 is 0.275 bits per heavy atom. The summed E-state index contributed by atoms with van der Waals surface area (Å²) in [5.41, 5.74) is 5.49. The standard InChI is InChI=1S/3C10H8N2.2ClH.H2O.Ru/c3*1-3-7-11-9(5-1)10-6-2-4-8-12-10;;;;/h3*1-8H;2*1H;1H2;/q;;;;;;+2/p-2. The summed E-state index contributed by atoms with van der Waals surface area (Å²) in [6.45, 7) is 0. The summed E-state index contributed by atoms with van der Waals surface area (Å²) in [4.78, 5) is 25.1. The summed E-state index contributed by atoms with van der Waals surface area (Å²) < 4.78 is 0. The fraction of sp³-hybridized carbons (Fsp3) is 0. The molecule has 0 aromatic carbocycles. The van der Waals surface area contributed by atoms with Crippen molar-refractivity contribution in [2.24, 2.45) is 0 Å². The number of aromatic nitrogens is 6. The van der Waals surface area contributed by atoms with Gasteiger partial charge >= 0.3 is 19.5 Å². The Morgan fingerprint density at radius 3 is 0.525 bits per heavy atom. The van der Waals surface area contributed by atoms with Crippen LogP contribution in [0.2, 0.25) is 0 Å². The van der Waals surface area contributed by atoms with Crippen molar-refractivity contribution in [3.8, 4) is 34.2 Å². The van der Waals surface area contributed by atoms with Crippen LogP contribution < -0.4 is 24.8 Å². The molecule has 0 aliphatic carbocycles. The van der Waals surface area contributed by atoms with Crippen molar-refractivity contribution in [3.05, 3.63) is 146 Å². The van der Waals surface area contributed by atoms with Gasteiger partial charge in [-0.25, -0.2) is 0 Å². The van der Waals surface area contributed by atoms with Gasteiger partial charge in [-0.15, -0.1) is 0 Å². The average Bonchev–Trinajstić information content (AvgIpc) is 3.01. The second-order valence-corrected chi connectivity index (χ2v) is 7.29. The van der Waals surface area contributed by atoms with E-state index in [1.807, 2.05) is 109 Å². The molecular weight excluding hydrogens is 632 g/mol. The minimum atomic E-state index is 0. The van der Waals surface area contributed by atoms with Gasteiger partial charge in [-0.05, 0) is 72.8 Å². The number of halogens is 2. The first-order chi connectivity index (χ1) is 17.9. The van der Waals surface area contributed by atoms with Crippen LogP contribution in [0, 0.1) is 0 Å². The molecule has 0 fully saturated rings. The molecule has 0 spiro atoms. The van der Waals surface area contributed by atoms with Crippen LogP contribution in [0.1, 0.15) is 0 Å². The second kappa shape index (κ2) is 21.0. The van der Waals surface area contributed by atoms with Gasteiger partial charge in [-0.2, -0.15) is 0 Å². The monoisotopic (exact) mass is 658 g/mol. The predicted octanol–water partition coefficient (Wildman–Crippen LogP) is -0.388. The van der Waals surface area contributed by atoms with E-state index in [1.54, 1.807) is 37.2 Å². The minimum Gasteiger partial charge on any atom is -1.00 e. The Bertz CT molecular complexity index is 1120. The van der Waals surface area contributed by atoms with Crippen molar-refractivity contribution in [2.45, 2.75) is 0 Å². The molecule has 40 heavy (non-hydrogen) atoms. The fourth-order valence-electron chi connectivity index (χ4n) is 3.09. The van der Waals surface area contributed by atoms with Crippen LogP contribution in [0.4, 0.5) is 0 Å². The maximum atomic E-state index is 4.19. The average molecular weight is 659 g/mol. The number of hydrogen-bond donors (Lipinski definition) is 0. The number of hydrogen-bond acceptors (Lipinski definition) is 6. The molecule has 0 aliphatic rings. The largest absolute Gasteiger partial charge is 2.00 e. The maximum absolute atomic E-state index is 4.19. The van der Waals surface area contributed by atoms with Crippen LogP contribution in [0.5, 0.6) is 0 Å². The molecule has 204 valence electrons. The SMILES string of the molecule is O.[Cl-].[Cl-].[Ru+2].c1ccc(-c2ccccn2)nc1.c1ccc(-c2ccccn2)nc1.c1ccc(-c2ccccn2)nc1. The van der Waals surface area contributed by atoms with Crippen molar-refractivity contribution in [2.75, 3.05) is 0 Å². The third-order valence-corrected chi connectivity index (χ3v) is 4.78. The van der Waals surface area contributed by atoms with E-state index in [0.29, 0.717) is 0 Å². The molecule has 6 rings (SSSR count). The third-order valence-electron chi connectivity index (χ3n) is 4.78. The van der Waals surface area contributed by atoms with Crippen LogP contribution in [-0.2, 0) is 19.5 Å². The molecule has 7 nitrogen and oxygen atoms in total. The fourth-order valence-corrected chi connectivity index (χ4v) is 3.09. The van der Waals surface area contributed by atoms with Gasteiger partial charge in [0.1, 0.15) is 0 Å². The van der Waals surface area contributed by atoms with Crippen molar-refractivity contribution in [1.29, 1.82) is 0 Å². The minimum absolute atomic E-state index is 0. The van der Waals surface area contributed by atoms with Gasteiger partial charge < -0.3 is 30.3 Å². The molecule has 10 heteroatoms. The zero-order valence-electron chi connectivity index (χ0n) is 21.1. The first-order valence-corrected chi connectivity index (χ1v) is 11.4. The Labute approximate surface area is 259 Å². The van der Waals surface area contributed by atoms with Gasteiger partial charge in [0.2, 0.25) is 0 Å². The van der Waals surface area contributed by atoms with Crippen molar-refractivity contribution >= 4 is 0 Å². The van der Waals surface area contributed by atoms with Crippen LogP contribution in [0.25, 0.3) is 34.2 Å². The van der Waals surface area contributed by atoms with Gasteiger partial charge in [-0.1, -0.05) is 36.4 Å². The zero-order valence-corrected chi connectivity index (χ0v) is 24.4. The maximum Gasteiger partial charge on any atom is 2.00 e. The first kappa shape index (κ1) is 36.1. The van der Waals surface area contributed by atoms with Gasteiger partial charge in [0.25, 0.3) is 0 Å². The predicted molar refractivity (Wildman–Crippen MR) is 146 cm³/mol. The summed E-state index contributed by atoms with van der Waals surface area (Å²) in [5, 5.41) is 0. The van der Waals surface area contributed by atoms with E-state index >= 15 is 0 Å². The molecule has 0 saturated heterocycles. The van der Waals surface area contributed by atoms with Crippen LogP contribution in [0.3, 0.4) is 0 Å². The molecule has 0 saturated carbocycles. The molecule has 0 unspecified atom stereocenters. The summed E-state index contributed by atoms with van der Waals surface area (Å²) >= 11 is 0. The Kier molecular flexibility index (Phi) is 18.9. The van der Waals surface area contributed by atoms with Gasteiger partial charge in [0.15, 0.2) is 0 Å². The van der Waals surface area contributed by atoms with Crippen LogP contribution >= 0.6 is 0 Å². The third kappa shape index (κ3) is 11.8. The Balaban J connectivity index is 0.000000543. The molecule has 6 heterocycles. The molecule has 0 amide bonds. The smallest absolute Gasteiger partial charge is 1.00 e. The molecule has 0 radical (unpaired) electrons. The number of pyridine rings is 6. The van der Waals surface area contributed by atoms with E-state index in [1.165, 1.54) is 0 Å². The van der Waals surface area contributed by atoms with Crippen molar-refractivity contribution in [1.82, 2.24) is 29.9 Å². The second-order valence-electron chi connectivity index (χ2n) is 7.29. The Hall–Kier alpha value is -3.94. The first-order valence-electron chi connectivity index (χ1n) is 11.4.